The fourth-order valence-electron chi connectivity index (χ4n) is 4.22. The van der Waals surface area contributed by atoms with Crippen molar-refractivity contribution in [2.75, 3.05) is 39.3 Å². The van der Waals surface area contributed by atoms with Crippen molar-refractivity contribution in [2.45, 2.75) is 33.1 Å². The second-order valence-corrected chi connectivity index (χ2v) is 9.02. The molecule has 1 saturated heterocycles. The number of carbonyl (C=O) groups is 2. The SMILES string of the molecule is Cc1ccc(-c2noc(CCCN3CCN(C(=O)CCNC(=O)c4ccccc4C)CC3)n2)cc1. The first kappa shape index (κ1) is 24.6. The smallest absolute Gasteiger partial charge is 0.251 e. The summed E-state index contributed by atoms with van der Waals surface area (Å²) in [6.07, 6.45) is 1.98. The van der Waals surface area contributed by atoms with Crippen molar-refractivity contribution in [3.05, 3.63) is 71.1 Å². The van der Waals surface area contributed by atoms with Gasteiger partial charge in [0.2, 0.25) is 17.6 Å². The van der Waals surface area contributed by atoms with Crippen molar-refractivity contribution in [3.63, 3.8) is 0 Å². The van der Waals surface area contributed by atoms with E-state index in [1.165, 1.54) is 5.56 Å². The highest BCUT2D eigenvalue weighted by Crippen LogP contribution is 2.17. The third-order valence-corrected chi connectivity index (χ3v) is 6.38. The minimum absolute atomic E-state index is 0.0872. The standard InChI is InChI=1S/C27H33N5O3/c1-20-9-11-22(12-10-20)26-29-24(35-30-26)8-5-15-31-16-18-32(19-17-31)25(33)13-14-28-27(34)23-7-4-3-6-21(23)2/h3-4,6-7,9-12H,5,8,13-19H2,1-2H3,(H,28,34). The first-order chi connectivity index (χ1) is 17.0. The van der Waals surface area contributed by atoms with Crippen LogP contribution in [0, 0.1) is 13.8 Å². The van der Waals surface area contributed by atoms with Gasteiger partial charge in [0.25, 0.3) is 5.91 Å². The molecule has 1 N–H and O–H groups in total. The number of rotatable bonds is 9. The zero-order valence-electron chi connectivity index (χ0n) is 20.5. The number of aromatic nitrogens is 2. The van der Waals surface area contributed by atoms with Crippen molar-refractivity contribution < 1.29 is 14.1 Å². The van der Waals surface area contributed by atoms with E-state index < -0.39 is 0 Å². The van der Waals surface area contributed by atoms with E-state index in [0.29, 0.717) is 43.3 Å². The number of hydrogen-bond donors (Lipinski definition) is 1. The molecule has 8 nitrogen and oxygen atoms in total. The van der Waals surface area contributed by atoms with Gasteiger partial charge >= 0.3 is 0 Å². The van der Waals surface area contributed by atoms with Crippen molar-refractivity contribution in [1.29, 1.82) is 0 Å². The molecule has 8 heteroatoms. The van der Waals surface area contributed by atoms with Crippen LogP contribution in [-0.2, 0) is 11.2 Å². The first-order valence-electron chi connectivity index (χ1n) is 12.2. The number of amides is 2. The van der Waals surface area contributed by atoms with Gasteiger partial charge in [0.15, 0.2) is 0 Å². The minimum Gasteiger partial charge on any atom is -0.352 e. The average molecular weight is 476 g/mol. The van der Waals surface area contributed by atoms with Gasteiger partial charge in [-0.05, 0) is 38.4 Å². The van der Waals surface area contributed by atoms with Crippen LogP contribution in [0.2, 0.25) is 0 Å². The Morgan fingerprint density at radius 3 is 2.49 bits per heavy atom. The lowest BCUT2D eigenvalue weighted by atomic mass is 10.1. The molecule has 0 atom stereocenters. The molecule has 184 valence electrons. The van der Waals surface area contributed by atoms with Crippen LogP contribution in [0.4, 0.5) is 0 Å². The molecular formula is C27H33N5O3. The summed E-state index contributed by atoms with van der Waals surface area (Å²) in [4.78, 5) is 33.6. The second kappa shape index (κ2) is 11.8. The molecule has 0 aliphatic carbocycles. The van der Waals surface area contributed by atoms with E-state index in [9.17, 15) is 9.59 Å². The monoisotopic (exact) mass is 475 g/mol. The van der Waals surface area contributed by atoms with Crippen molar-refractivity contribution in [2.24, 2.45) is 0 Å². The Hall–Kier alpha value is -3.52. The van der Waals surface area contributed by atoms with Crippen molar-refractivity contribution in [3.8, 4) is 11.4 Å². The molecule has 3 aromatic rings. The molecule has 1 aliphatic heterocycles. The van der Waals surface area contributed by atoms with Gasteiger partial charge in [-0.15, -0.1) is 0 Å². The molecule has 1 fully saturated rings. The van der Waals surface area contributed by atoms with Crippen molar-refractivity contribution in [1.82, 2.24) is 25.3 Å². The Morgan fingerprint density at radius 2 is 1.74 bits per heavy atom. The topological polar surface area (TPSA) is 91.6 Å². The average Bonchev–Trinajstić information content (AvgIpc) is 3.34. The molecule has 1 aromatic heterocycles. The van der Waals surface area contributed by atoms with E-state index in [1.807, 2.05) is 54.3 Å². The molecule has 0 radical (unpaired) electrons. The van der Waals surface area contributed by atoms with E-state index in [0.717, 1.165) is 43.6 Å². The van der Waals surface area contributed by atoms with Crippen LogP contribution in [0.5, 0.6) is 0 Å². The van der Waals surface area contributed by atoms with Crippen LogP contribution in [0.15, 0.2) is 53.1 Å². The number of nitrogens with zero attached hydrogens (tertiary/aromatic N) is 4. The van der Waals surface area contributed by atoms with Gasteiger partial charge in [0, 0.05) is 56.7 Å². The number of carbonyl (C=O) groups excluding carboxylic acids is 2. The van der Waals surface area contributed by atoms with Gasteiger partial charge in [0.05, 0.1) is 0 Å². The third-order valence-electron chi connectivity index (χ3n) is 6.38. The Labute approximate surface area is 206 Å². The summed E-state index contributed by atoms with van der Waals surface area (Å²) < 4.78 is 5.41. The summed E-state index contributed by atoms with van der Waals surface area (Å²) in [5.74, 6) is 1.24. The normalized spacial score (nSPS) is 14.2. The highest BCUT2D eigenvalue weighted by atomic mass is 16.5. The van der Waals surface area contributed by atoms with Crippen LogP contribution >= 0.6 is 0 Å². The van der Waals surface area contributed by atoms with Crippen LogP contribution in [0.1, 0.15) is 40.2 Å². The fourth-order valence-corrected chi connectivity index (χ4v) is 4.22. The quantitative estimate of drug-likeness (QED) is 0.511. The van der Waals surface area contributed by atoms with Crippen LogP contribution in [-0.4, -0.2) is 71.0 Å². The molecule has 2 heterocycles. The molecule has 0 spiro atoms. The molecule has 4 rings (SSSR count). The summed E-state index contributed by atoms with van der Waals surface area (Å²) in [6.45, 7) is 8.35. The molecule has 0 bridgehead atoms. The lowest BCUT2D eigenvalue weighted by Crippen LogP contribution is -2.49. The van der Waals surface area contributed by atoms with Gasteiger partial charge in [0.1, 0.15) is 0 Å². The zero-order chi connectivity index (χ0) is 24.6. The maximum absolute atomic E-state index is 12.6. The lowest BCUT2D eigenvalue weighted by Gasteiger charge is -2.34. The highest BCUT2D eigenvalue weighted by Gasteiger charge is 2.21. The summed E-state index contributed by atoms with van der Waals surface area (Å²) in [5.41, 5.74) is 3.74. The maximum atomic E-state index is 12.6. The van der Waals surface area contributed by atoms with E-state index in [4.69, 9.17) is 4.52 Å². The number of benzene rings is 2. The third kappa shape index (κ3) is 6.76. The van der Waals surface area contributed by atoms with Gasteiger partial charge in [-0.3, -0.25) is 14.5 Å². The van der Waals surface area contributed by atoms with Crippen LogP contribution in [0.3, 0.4) is 0 Å². The molecular weight excluding hydrogens is 442 g/mol. The molecule has 35 heavy (non-hydrogen) atoms. The number of aryl methyl sites for hydroxylation is 3. The number of nitrogens with one attached hydrogen (secondary N) is 1. The number of hydrogen-bond acceptors (Lipinski definition) is 6. The Morgan fingerprint density at radius 1 is 1.00 bits per heavy atom. The second-order valence-electron chi connectivity index (χ2n) is 9.02. The van der Waals surface area contributed by atoms with E-state index in [2.05, 4.69) is 27.3 Å². The molecule has 2 aromatic carbocycles. The van der Waals surface area contributed by atoms with E-state index >= 15 is 0 Å². The predicted octanol–water partition coefficient (Wildman–Crippen LogP) is 3.25. The van der Waals surface area contributed by atoms with Gasteiger partial charge in [-0.2, -0.15) is 4.98 Å². The highest BCUT2D eigenvalue weighted by molar-refractivity contribution is 5.95. The summed E-state index contributed by atoms with van der Waals surface area (Å²) >= 11 is 0. The molecule has 0 unspecified atom stereocenters. The van der Waals surface area contributed by atoms with Crippen molar-refractivity contribution >= 4 is 11.8 Å². The Balaban J connectivity index is 1.12. The summed E-state index contributed by atoms with van der Waals surface area (Å²) in [7, 11) is 0. The van der Waals surface area contributed by atoms with E-state index in [1.54, 1.807) is 6.07 Å². The molecule has 2 amide bonds. The summed E-state index contributed by atoms with van der Waals surface area (Å²) in [6, 6.07) is 15.5. The fraction of sp³-hybridized carbons (Fsp3) is 0.407. The largest absolute Gasteiger partial charge is 0.352 e. The molecule has 0 saturated carbocycles. The first-order valence-corrected chi connectivity index (χ1v) is 12.2. The van der Waals surface area contributed by atoms with Crippen LogP contribution in [0.25, 0.3) is 11.4 Å². The van der Waals surface area contributed by atoms with Gasteiger partial charge < -0.3 is 14.7 Å². The lowest BCUT2D eigenvalue weighted by molar-refractivity contribution is -0.132. The maximum Gasteiger partial charge on any atom is 0.251 e. The van der Waals surface area contributed by atoms with Gasteiger partial charge in [-0.25, -0.2) is 0 Å². The van der Waals surface area contributed by atoms with Crippen LogP contribution < -0.4 is 5.32 Å². The predicted molar refractivity (Wildman–Crippen MR) is 134 cm³/mol. The Bertz CT molecular complexity index is 1130. The zero-order valence-corrected chi connectivity index (χ0v) is 20.5. The summed E-state index contributed by atoms with van der Waals surface area (Å²) in [5, 5.41) is 6.96. The van der Waals surface area contributed by atoms with E-state index in [-0.39, 0.29) is 11.8 Å². The molecule has 1 aliphatic rings. The minimum atomic E-state index is -0.132. The van der Waals surface area contributed by atoms with Gasteiger partial charge in [-0.1, -0.05) is 53.2 Å². The number of piperazine rings is 1. The Kier molecular flexibility index (Phi) is 8.26.